The minimum atomic E-state index is -0.112. The quantitative estimate of drug-likeness (QED) is 0.423. The van der Waals surface area contributed by atoms with Gasteiger partial charge in [-0.15, -0.1) is 0 Å². The predicted octanol–water partition coefficient (Wildman–Crippen LogP) is 3.58. The van der Waals surface area contributed by atoms with Crippen LogP contribution < -0.4 is 0 Å². The van der Waals surface area contributed by atoms with Crippen molar-refractivity contribution in [3.63, 3.8) is 0 Å². The van der Waals surface area contributed by atoms with Crippen LogP contribution in [0, 0.1) is 0 Å². The largest absolute Gasteiger partial charge is 0.466 e. The first kappa shape index (κ1) is 15.3. The molecule has 0 saturated carbocycles. The SMILES string of the molecule is CCOC(=O)CCCCCn1ccc2c(C=O)cccc21. The number of fused-ring (bicyclic) bond motifs is 1. The van der Waals surface area contributed by atoms with Gasteiger partial charge in [0.1, 0.15) is 0 Å². The molecule has 2 aromatic rings. The van der Waals surface area contributed by atoms with E-state index in [-0.39, 0.29) is 5.97 Å². The molecular weight excluding hydrogens is 266 g/mol. The number of unbranched alkanes of at least 4 members (excludes halogenated alkanes) is 2. The van der Waals surface area contributed by atoms with E-state index in [0.717, 1.165) is 48.6 Å². The molecule has 4 nitrogen and oxygen atoms in total. The fourth-order valence-electron chi connectivity index (χ4n) is 2.51. The summed E-state index contributed by atoms with van der Waals surface area (Å²) in [5.74, 6) is -0.112. The maximum Gasteiger partial charge on any atom is 0.305 e. The molecule has 0 N–H and O–H groups in total. The van der Waals surface area contributed by atoms with Crippen molar-refractivity contribution in [3.8, 4) is 0 Å². The number of aldehydes is 1. The molecule has 0 saturated heterocycles. The molecule has 1 aromatic carbocycles. The van der Waals surface area contributed by atoms with Gasteiger partial charge >= 0.3 is 5.97 Å². The van der Waals surface area contributed by atoms with Crippen LogP contribution in [-0.4, -0.2) is 23.4 Å². The number of esters is 1. The standard InChI is InChI=1S/C17H21NO3/c1-2-21-17(20)9-4-3-5-11-18-12-10-15-14(13-19)7-6-8-16(15)18/h6-8,10,12-13H,2-5,9,11H2,1H3. The summed E-state index contributed by atoms with van der Waals surface area (Å²) in [6.45, 7) is 3.17. The molecular formula is C17H21NO3. The third-order valence-electron chi connectivity index (χ3n) is 3.56. The van der Waals surface area contributed by atoms with Crippen molar-refractivity contribution in [2.45, 2.75) is 39.2 Å². The van der Waals surface area contributed by atoms with Crippen LogP contribution in [0.25, 0.3) is 10.9 Å². The molecule has 0 spiro atoms. The molecule has 0 radical (unpaired) electrons. The van der Waals surface area contributed by atoms with Crippen LogP contribution in [0.15, 0.2) is 30.5 Å². The molecule has 0 fully saturated rings. The second-order valence-corrected chi connectivity index (χ2v) is 5.02. The molecule has 0 amide bonds. The predicted molar refractivity (Wildman–Crippen MR) is 82.4 cm³/mol. The van der Waals surface area contributed by atoms with Gasteiger partial charge in [0.05, 0.1) is 6.61 Å². The second kappa shape index (κ2) is 7.62. The molecule has 21 heavy (non-hydrogen) atoms. The van der Waals surface area contributed by atoms with E-state index in [9.17, 15) is 9.59 Å². The highest BCUT2D eigenvalue weighted by molar-refractivity contribution is 5.97. The molecule has 0 aliphatic rings. The molecule has 0 aliphatic carbocycles. The number of nitrogens with zero attached hydrogens (tertiary/aromatic N) is 1. The molecule has 112 valence electrons. The van der Waals surface area contributed by atoms with Gasteiger partial charge in [-0.1, -0.05) is 18.6 Å². The highest BCUT2D eigenvalue weighted by Crippen LogP contribution is 2.19. The minimum absolute atomic E-state index is 0.112. The monoisotopic (exact) mass is 287 g/mol. The fraction of sp³-hybridized carbons (Fsp3) is 0.412. The number of rotatable bonds is 8. The average Bonchev–Trinajstić information content (AvgIpc) is 2.90. The van der Waals surface area contributed by atoms with Crippen molar-refractivity contribution in [2.24, 2.45) is 0 Å². The zero-order valence-corrected chi connectivity index (χ0v) is 12.4. The van der Waals surface area contributed by atoms with E-state index in [2.05, 4.69) is 4.57 Å². The van der Waals surface area contributed by atoms with Crippen molar-refractivity contribution in [3.05, 3.63) is 36.0 Å². The van der Waals surface area contributed by atoms with Gasteiger partial charge in [-0.05, 0) is 31.9 Å². The van der Waals surface area contributed by atoms with Gasteiger partial charge in [-0.2, -0.15) is 0 Å². The van der Waals surface area contributed by atoms with Gasteiger partial charge < -0.3 is 9.30 Å². The molecule has 0 aliphatic heterocycles. The summed E-state index contributed by atoms with van der Waals surface area (Å²) in [6.07, 6.45) is 6.27. The number of aromatic nitrogens is 1. The number of hydrogen-bond donors (Lipinski definition) is 0. The topological polar surface area (TPSA) is 48.3 Å². The number of aryl methyl sites for hydroxylation is 1. The number of carbonyl (C=O) groups is 2. The van der Waals surface area contributed by atoms with E-state index in [1.807, 2.05) is 37.4 Å². The van der Waals surface area contributed by atoms with E-state index in [1.54, 1.807) is 0 Å². The first-order chi connectivity index (χ1) is 10.3. The Morgan fingerprint density at radius 1 is 1.24 bits per heavy atom. The van der Waals surface area contributed by atoms with Crippen molar-refractivity contribution >= 4 is 23.2 Å². The Kier molecular flexibility index (Phi) is 5.55. The molecule has 4 heteroatoms. The van der Waals surface area contributed by atoms with Crippen molar-refractivity contribution in [2.75, 3.05) is 6.61 Å². The number of carbonyl (C=O) groups excluding carboxylic acids is 2. The summed E-state index contributed by atoms with van der Waals surface area (Å²) in [4.78, 5) is 22.2. The van der Waals surface area contributed by atoms with Crippen LogP contribution in [0.1, 0.15) is 43.0 Å². The minimum Gasteiger partial charge on any atom is -0.466 e. The average molecular weight is 287 g/mol. The summed E-state index contributed by atoms with van der Waals surface area (Å²) >= 11 is 0. The molecule has 0 unspecified atom stereocenters. The Balaban J connectivity index is 1.84. The zero-order valence-electron chi connectivity index (χ0n) is 12.4. The summed E-state index contributed by atoms with van der Waals surface area (Å²) in [5.41, 5.74) is 1.82. The summed E-state index contributed by atoms with van der Waals surface area (Å²) < 4.78 is 7.06. The maximum absolute atomic E-state index is 11.2. The third kappa shape index (κ3) is 3.94. The number of hydrogen-bond acceptors (Lipinski definition) is 3. The van der Waals surface area contributed by atoms with Crippen LogP contribution >= 0.6 is 0 Å². The lowest BCUT2D eigenvalue weighted by Gasteiger charge is -2.06. The van der Waals surface area contributed by atoms with E-state index >= 15 is 0 Å². The van der Waals surface area contributed by atoms with Crippen LogP contribution in [0.2, 0.25) is 0 Å². The van der Waals surface area contributed by atoms with E-state index in [1.165, 1.54) is 0 Å². The zero-order chi connectivity index (χ0) is 15.1. The first-order valence-electron chi connectivity index (χ1n) is 7.45. The molecule has 0 atom stereocenters. The fourth-order valence-corrected chi connectivity index (χ4v) is 2.51. The van der Waals surface area contributed by atoms with Crippen molar-refractivity contribution in [1.29, 1.82) is 0 Å². The Hall–Kier alpha value is -2.10. The van der Waals surface area contributed by atoms with Crippen molar-refractivity contribution in [1.82, 2.24) is 4.57 Å². The molecule has 2 rings (SSSR count). The summed E-state index contributed by atoms with van der Waals surface area (Å²) in [5, 5.41) is 0.999. The summed E-state index contributed by atoms with van der Waals surface area (Å²) in [6, 6.07) is 7.75. The lowest BCUT2D eigenvalue weighted by atomic mass is 10.1. The lowest BCUT2D eigenvalue weighted by molar-refractivity contribution is -0.143. The van der Waals surface area contributed by atoms with Crippen molar-refractivity contribution < 1.29 is 14.3 Å². The van der Waals surface area contributed by atoms with Crippen LogP contribution in [0.3, 0.4) is 0 Å². The second-order valence-electron chi connectivity index (χ2n) is 5.02. The van der Waals surface area contributed by atoms with Gasteiger partial charge in [0.2, 0.25) is 0 Å². The normalized spacial score (nSPS) is 10.7. The van der Waals surface area contributed by atoms with E-state index in [0.29, 0.717) is 13.0 Å². The lowest BCUT2D eigenvalue weighted by Crippen LogP contribution is -2.03. The van der Waals surface area contributed by atoms with Gasteiger partial charge in [-0.25, -0.2) is 0 Å². The van der Waals surface area contributed by atoms with E-state index in [4.69, 9.17) is 4.74 Å². The Morgan fingerprint density at radius 3 is 2.86 bits per heavy atom. The van der Waals surface area contributed by atoms with Crippen LogP contribution in [0.4, 0.5) is 0 Å². The molecule has 1 aromatic heterocycles. The maximum atomic E-state index is 11.2. The summed E-state index contributed by atoms with van der Waals surface area (Å²) in [7, 11) is 0. The highest BCUT2D eigenvalue weighted by atomic mass is 16.5. The Bertz CT molecular complexity index is 616. The van der Waals surface area contributed by atoms with E-state index < -0.39 is 0 Å². The van der Waals surface area contributed by atoms with Gasteiger partial charge in [-0.3, -0.25) is 9.59 Å². The Morgan fingerprint density at radius 2 is 2.10 bits per heavy atom. The molecule has 1 heterocycles. The molecule has 0 bridgehead atoms. The number of ether oxygens (including phenoxy) is 1. The Labute approximate surface area is 124 Å². The third-order valence-corrected chi connectivity index (χ3v) is 3.56. The van der Waals surface area contributed by atoms with Gasteiger partial charge in [0.25, 0.3) is 0 Å². The van der Waals surface area contributed by atoms with Crippen LogP contribution in [0.5, 0.6) is 0 Å². The smallest absolute Gasteiger partial charge is 0.305 e. The van der Waals surface area contributed by atoms with Crippen LogP contribution in [-0.2, 0) is 16.1 Å². The highest BCUT2D eigenvalue weighted by Gasteiger charge is 2.05. The number of benzene rings is 1. The van der Waals surface area contributed by atoms with Gasteiger partial charge in [0, 0.05) is 35.6 Å². The van der Waals surface area contributed by atoms with Gasteiger partial charge in [0.15, 0.2) is 6.29 Å². The first-order valence-corrected chi connectivity index (χ1v) is 7.45.